The second-order valence-electron chi connectivity index (χ2n) is 4.23. The molecule has 0 saturated heterocycles. The third-order valence-electron chi connectivity index (χ3n) is 1.65. The molecule has 3 heteroatoms. The van der Waals surface area contributed by atoms with Crippen molar-refractivity contribution in [3.05, 3.63) is 29.8 Å². The Morgan fingerprint density at radius 1 is 1.27 bits per heavy atom. The second-order valence-corrected chi connectivity index (χ2v) is 5.77. The van der Waals surface area contributed by atoms with Crippen molar-refractivity contribution in [2.45, 2.75) is 26.3 Å². The van der Waals surface area contributed by atoms with Gasteiger partial charge in [0, 0.05) is 0 Å². The van der Waals surface area contributed by atoms with Crippen molar-refractivity contribution in [2.75, 3.05) is 7.11 Å². The van der Waals surface area contributed by atoms with E-state index in [9.17, 15) is 0 Å². The number of methoxy groups -OCH3 is 1. The molecule has 0 radical (unpaired) electrons. The van der Waals surface area contributed by atoms with E-state index in [0.717, 1.165) is 11.3 Å². The molecule has 1 rings (SSSR count). The molecule has 82 valence electrons. The zero-order valence-electron chi connectivity index (χ0n) is 9.65. The Kier molecular flexibility index (Phi) is 4.53. The molecule has 1 aromatic rings. The number of hydrogen-bond acceptors (Lipinski definition) is 2. The van der Waals surface area contributed by atoms with E-state index in [1.165, 1.54) is 0 Å². The normalized spacial score (nSPS) is 10.7. The van der Waals surface area contributed by atoms with Crippen LogP contribution in [0.3, 0.4) is 0 Å². The Balaban J connectivity index is 2.94. The van der Waals surface area contributed by atoms with Crippen molar-refractivity contribution < 1.29 is 22.7 Å². The summed E-state index contributed by atoms with van der Waals surface area (Å²) in [7, 11) is 1.70. The van der Waals surface area contributed by atoms with Crippen LogP contribution in [0.15, 0.2) is 27.8 Å². The Bertz CT molecular complexity index is 387. The fourth-order valence-corrected chi connectivity index (χ4v) is 2.67. The van der Waals surface area contributed by atoms with Gasteiger partial charge in [-0.1, -0.05) is 0 Å². The summed E-state index contributed by atoms with van der Waals surface area (Å²) in [6, 6.07) is 8.06. The molecule has 2 nitrogen and oxygen atoms in total. The number of ether oxygens (including phenoxy) is 1. The first-order valence-corrected chi connectivity index (χ1v) is 6.93. The molecule has 15 heavy (non-hydrogen) atoms. The average molecular weight is 287 g/mol. The van der Waals surface area contributed by atoms with E-state index in [2.05, 4.69) is 34.7 Å². The third-order valence-corrected chi connectivity index (χ3v) is 4.13. The van der Waals surface area contributed by atoms with Crippen LogP contribution in [-0.4, -0.2) is 17.0 Å². The fraction of sp³-hybridized carbons (Fsp3) is 0.417. The molecule has 1 aromatic carbocycles. The Hall–Kier alpha value is -0.622. The summed E-state index contributed by atoms with van der Waals surface area (Å²) in [4.78, 5) is 0. The van der Waals surface area contributed by atoms with Crippen LogP contribution < -0.4 is 4.74 Å². The van der Waals surface area contributed by atoms with Crippen LogP contribution in [0.1, 0.15) is 26.3 Å². The van der Waals surface area contributed by atoms with Gasteiger partial charge >= 0.3 is 99.6 Å². The van der Waals surface area contributed by atoms with Crippen molar-refractivity contribution in [3.63, 3.8) is 0 Å². The van der Waals surface area contributed by atoms with E-state index in [4.69, 9.17) is 4.74 Å². The quantitative estimate of drug-likeness (QED) is 0.766. The predicted molar refractivity (Wildman–Crippen MR) is 60.3 cm³/mol. The maximum absolute atomic E-state index is 5.28. The van der Waals surface area contributed by atoms with E-state index in [1.54, 1.807) is 7.11 Å². The summed E-state index contributed by atoms with van der Waals surface area (Å²) in [5.74, 6) is 0.937. The van der Waals surface area contributed by atoms with Gasteiger partial charge in [0.25, 0.3) is 0 Å². The van der Waals surface area contributed by atoms with E-state index in [1.807, 2.05) is 18.2 Å². The Morgan fingerprint density at radius 3 is 2.53 bits per heavy atom. The molecule has 0 N–H and O–H groups in total. The van der Waals surface area contributed by atoms with Crippen LogP contribution in [0.4, 0.5) is 0 Å². The Morgan fingerprint density at radius 2 is 1.93 bits per heavy atom. The SMILES string of the molecule is COc1ccccc1[CH]=[Mo]=[N]C(C)(C)C. The molecule has 0 saturated carbocycles. The van der Waals surface area contributed by atoms with Gasteiger partial charge in [0.1, 0.15) is 0 Å². The molecule has 0 aromatic heterocycles. The van der Waals surface area contributed by atoms with Crippen LogP contribution in [-0.2, 0) is 17.9 Å². The molecule has 0 aliphatic rings. The van der Waals surface area contributed by atoms with Crippen LogP contribution in [0.5, 0.6) is 5.75 Å². The molecule has 0 spiro atoms. The van der Waals surface area contributed by atoms with Crippen molar-refractivity contribution in [2.24, 2.45) is 3.50 Å². The summed E-state index contributed by atoms with van der Waals surface area (Å²) in [5, 5.41) is 0. The molecular formula is C12H17MoNO. The van der Waals surface area contributed by atoms with Gasteiger partial charge in [-0.15, -0.1) is 0 Å². The molecule has 0 heterocycles. The summed E-state index contributed by atoms with van der Waals surface area (Å²) >= 11 is -0.423. The van der Waals surface area contributed by atoms with Gasteiger partial charge in [0.2, 0.25) is 0 Å². The summed E-state index contributed by atoms with van der Waals surface area (Å²) in [5.41, 5.74) is 1.25. The van der Waals surface area contributed by atoms with Crippen molar-refractivity contribution in [3.8, 4) is 5.75 Å². The van der Waals surface area contributed by atoms with Gasteiger partial charge in [-0.05, 0) is 0 Å². The monoisotopic (exact) mass is 289 g/mol. The number of rotatable bonds is 2. The van der Waals surface area contributed by atoms with Crippen molar-refractivity contribution in [1.29, 1.82) is 0 Å². The molecule has 0 amide bonds. The first-order chi connectivity index (χ1) is 7.03. The topological polar surface area (TPSA) is 21.6 Å². The fourth-order valence-electron chi connectivity index (χ4n) is 1.01. The van der Waals surface area contributed by atoms with Crippen LogP contribution in [0, 0.1) is 0 Å². The van der Waals surface area contributed by atoms with E-state index in [-0.39, 0.29) is 5.54 Å². The van der Waals surface area contributed by atoms with Crippen LogP contribution >= 0.6 is 0 Å². The summed E-state index contributed by atoms with van der Waals surface area (Å²) in [6.45, 7) is 6.40. The number of hydrogen-bond donors (Lipinski definition) is 0. The standard InChI is InChI=1S/C8H8O.C4H9N.Mo/c1-7-5-3-4-6-8(7)9-2;1-4(2,3)5;/h1,3-6H,2H3;1-3H3;. The zero-order valence-corrected chi connectivity index (χ0v) is 11.7. The van der Waals surface area contributed by atoms with E-state index in [0.29, 0.717) is 0 Å². The van der Waals surface area contributed by atoms with Crippen LogP contribution in [0.25, 0.3) is 0 Å². The molecular weight excluding hydrogens is 270 g/mol. The Labute approximate surface area is 99.6 Å². The van der Waals surface area contributed by atoms with Gasteiger partial charge < -0.3 is 0 Å². The van der Waals surface area contributed by atoms with Gasteiger partial charge in [-0.25, -0.2) is 0 Å². The van der Waals surface area contributed by atoms with Crippen LogP contribution in [0.2, 0.25) is 0 Å². The molecule has 0 bridgehead atoms. The van der Waals surface area contributed by atoms with Gasteiger partial charge in [-0.2, -0.15) is 0 Å². The summed E-state index contributed by atoms with van der Waals surface area (Å²) < 4.78 is 12.1. The number of para-hydroxylation sites is 1. The second kappa shape index (κ2) is 5.46. The predicted octanol–water partition coefficient (Wildman–Crippen LogP) is 2.91. The molecule has 0 fully saturated rings. The van der Waals surface area contributed by atoms with Gasteiger partial charge in [0.05, 0.1) is 0 Å². The molecule has 0 atom stereocenters. The zero-order chi connectivity index (χ0) is 11.3. The number of benzene rings is 1. The molecule has 0 aliphatic heterocycles. The summed E-state index contributed by atoms with van der Waals surface area (Å²) in [6.07, 6.45) is 0. The molecule has 0 aliphatic carbocycles. The van der Waals surface area contributed by atoms with E-state index >= 15 is 0 Å². The van der Waals surface area contributed by atoms with Crippen molar-refractivity contribution in [1.82, 2.24) is 0 Å². The van der Waals surface area contributed by atoms with E-state index < -0.39 is 17.9 Å². The first-order valence-electron chi connectivity index (χ1n) is 4.87. The van der Waals surface area contributed by atoms with Gasteiger partial charge in [-0.3, -0.25) is 0 Å². The minimum absolute atomic E-state index is 0.0841. The minimum atomic E-state index is -0.423. The maximum atomic E-state index is 5.28. The van der Waals surface area contributed by atoms with Gasteiger partial charge in [0.15, 0.2) is 0 Å². The van der Waals surface area contributed by atoms with Crippen molar-refractivity contribution >= 4 is 4.40 Å². The number of nitrogens with zero attached hydrogens (tertiary/aromatic N) is 1. The first kappa shape index (κ1) is 12.4. The molecule has 0 unspecified atom stereocenters. The third kappa shape index (κ3) is 4.61. The average Bonchev–Trinajstić information content (AvgIpc) is 2.16.